The molecule has 0 fully saturated rings. The fourth-order valence-corrected chi connectivity index (χ4v) is 4.87. The molecule has 188 valence electrons. The van der Waals surface area contributed by atoms with Gasteiger partial charge in [-0.25, -0.2) is 9.18 Å². The zero-order valence-electron chi connectivity index (χ0n) is 20.3. The summed E-state index contributed by atoms with van der Waals surface area (Å²) >= 11 is 1.57. The molecule has 0 bridgehead atoms. The van der Waals surface area contributed by atoms with E-state index in [2.05, 4.69) is 0 Å². The predicted octanol–water partition coefficient (Wildman–Crippen LogP) is 6.36. The summed E-state index contributed by atoms with van der Waals surface area (Å²) in [6.45, 7) is 2.35. The molecular formula is C29H24FNO5S. The SMILES string of the molecule is CCCCOC(=O)c1ccc(N2C(=O)c3oc4ccc(F)cc4c(=O)c3C2c2ccc(SC)cc2)cc1. The zero-order valence-corrected chi connectivity index (χ0v) is 21.1. The monoisotopic (exact) mass is 517 g/mol. The van der Waals surface area contributed by atoms with Gasteiger partial charge in [-0.2, -0.15) is 0 Å². The number of fused-ring (bicyclic) bond motifs is 2. The number of amides is 1. The predicted molar refractivity (Wildman–Crippen MR) is 141 cm³/mol. The Morgan fingerprint density at radius 2 is 1.78 bits per heavy atom. The molecule has 5 rings (SSSR count). The summed E-state index contributed by atoms with van der Waals surface area (Å²) in [6, 6.07) is 16.9. The van der Waals surface area contributed by atoms with E-state index in [1.165, 1.54) is 17.0 Å². The van der Waals surface area contributed by atoms with E-state index in [4.69, 9.17) is 9.15 Å². The molecule has 6 nitrogen and oxygen atoms in total. The summed E-state index contributed by atoms with van der Waals surface area (Å²) in [5.41, 5.74) is 1.39. The molecule has 37 heavy (non-hydrogen) atoms. The van der Waals surface area contributed by atoms with Crippen molar-refractivity contribution in [2.45, 2.75) is 30.7 Å². The van der Waals surface area contributed by atoms with Crippen LogP contribution in [-0.4, -0.2) is 24.7 Å². The molecule has 1 aliphatic rings. The van der Waals surface area contributed by atoms with Gasteiger partial charge in [0.25, 0.3) is 5.91 Å². The lowest BCUT2D eigenvalue weighted by atomic mass is 9.98. The van der Waals surface area contributed by atoms with Crippen molar-refractivity contribution in [2.75, 3.05) is 17.8 Å². The summed E-state index contributed by atoms with van der Waals surface area (Å²) < 4.78 is 25.2. The Hall–Kier alpha value is -3.91. The Labute approximate surface area is 217 Å². The van der Waals surface area contributed by atoms with Crippen molar-refractivity contribution in [1.29, 1.82) is 0 Å². The third-order valence-corrected chi connectivity index (χ3v) is 7.12. The summed E-state index contributed by atoms with van der Waals surface area (Å²) in [6.07, 6.45) is 3.65. The van der Waals surface area contributed by atoms with Crippen LogP contribution in [0.3, 0.4) is 0 Å². The van der Waals surface area contributed by atoms with Crippen LogP contribution in [0.25, 0.3) is 11.0 Å². The molecule has 1 unspecified atom stereocenters. The number of thioether (sulfide) groups is 1. The Morgan fingerprint density at radius 3 is 2.46 bits per heavy atom. The Morgan fingerprint density at radius 1 is 1.05 bits per heavy atom. The Balaban J connectivity index is 1.62. The molecule has 1 aliphatic heterocycles. The average Bonchev–Trinajstić information content (AvgIpc) is 3.21. The summed E-state index contributed by atoms with van der Waals surface area (Å²) in [5, 5.41) is 0.0734. The van der Waals surface area contributed by atoms with Gasteiger partial charge in [0.2, 0.25) is 5.76 Å². The zero-order chi connectivity index (χ0) is 26.1. The van der Waals surface area contributed by atoms with Gasteiger partial charge in [0.05, 0.1) is 29.2 Å². The number of carbonyl (C=O) groups excluding carboxylic acids is 2. The van der Waals surface area contributed by atoms with Crippen LogP contribution in [0.4, 0.5) is 10.1 Å². The van der Waals surface area contributed by atoms with E-state index in [0.29, 0.717) is 23.4 Å². The van der Waals surface area contributed by atoms with Crippen LogP contribution in [0.1, 0.15) is 57.8 Å². The number of nitrogens with zero attached hydrogens (tertiary/aromatic N) is 1. The first-order chi connectivity index (χ1) is 17.9. The number of esters is 1. The van der Waals surface area contributed by atoms with Gasteiger partial charge in [0, 0.05) is 10.6 Å². The lowest BCUT2D eigenvalue weighted by Gasteiger charge is -2.25. The second-order valence-corrected chi connectivity index (χ2v) is 9.58. The normalized spacial score (nSPS) is 14.7. The van der Waals surface area contributed by atoms with Crippen molar-refractivity contribution in [1.82, 2.24) is 0 Å². The minimum atomic E-state index is -0.787. The molecule has 0 radical (unpaired) electrons. The first kappa shape index (κ1) is 24.8. The van der Waals surface area contributed by atoms with Crippen LogP contribution in [0.15, 0.2) is 80.8 Å². The van der Waals surface area contributed by atoms with Crippen molar-refractivity contribution in [3.8, 4) is 0 Å². The van der Waals surface area contributed by atoms with E-state index in [1.54, 1.807) is 36.0 Å². The van der Waals surface area contributed by atoms with Crippen molar-refractivity contribution in [2.24, 2.45) is 0 Å². The molecule has 0 spiro atoms. The molecule has 8 heteroatoms. The van der Waals surface area contributed by atoms with Crippen molar-refractivity contribution in [3.63, 3.8) is 0 Å². The molecule has 0 N–H and O–H groups in total. The molecule has 4 aromatic rings. The molecule has 1 atom stereocenters. The van der Waals surface area contributed by atoms with Gasteiger partial charge < -0.3 is 9.15 Å². The highest BCUT2D eigenvalue weighted by molar-refractivity contribution is 7.98. The molecule has 1 aromatic heterocycles. The summed E-state index contributed by atoms with van der Waals surface area (Å²) in [7, 11) is 0. The molecular weight excluding hydrogens is 493 g/mol. The molecule has 0 saturated heterocycles. The number of benzene rings is 3. The highest BCUT2D eigenvalue weighted by Gasteiger charge is 2.43. The highest BCUT2D eigenvalue weighted by atomic mass is 32.2. The number of hydrogen-bond acceptors (Lipinski definition) is 6. The lowest BCUT2D eigenvalue weighted by Crippen LogP contribution is -2.29. The van der Waals surface area contributed by atoms with Gasteiger partial charge in [-0.05, 0) is 72.8 Å². The number of anilines is 1. The minimum Gasteiger partial charge on any atom is -0.462 e. The second kappa shape index (κ2) is 10.2. The van der Waals surface area contributed by atoms with E-state index in [-0.39, 0.29) is 22.3 Å². The number of hydrogen-bond donors (Lipinski definition) is 0. The standard InChI is InChI=1S/C29H24FNO5S/c1-3-4-15-35-29(34)18-5-10-20(11-6-18)31-25(17-7-12-21(37-2)13-8-17)24-26(32)22-16-19(30)9-14-23(22)36-27(24)28(31)33/h5-14,16,25H,3-4,15H2,1-2H3. The number of carbonyl (C=O) groups is 2. The van der Waals surface area contributed by atoms with Crippen LogP contribution in [0.2, 0.25) is 0 Å². The van der Waals surface area contributed by atoms with Gasteiger partial charge >= 0.3 is 5.97 Å². The van der Waals surface area contributed by atoms with E-state index >= 15 is 0 Å². The number of halogens is 1. The van der Waals surface area contributed by atoms with Gasteiger partial charge in [-0.1, -0.05) is 25.5 Å². The first-order valence-electron chi connectivity index (χ1n) is 11.9. The van der Waals surface area contributed by atoms with E-state index in [1.807, 2.05) is 37.4 Å². The minimum absolute atomic E-state index is 0.0734. The fourth-order valence-electron chi connectivity index (χ4n) is 4.46. The number of unbranched alkanes of at least 4 members (excludes halogenated alkanes) is 1. The molecule has 1 amide bonds. The van der Waals surface area contributed by atoms with Gasteiger partial charge in [0.15, 0.2) is 5.43 Å². The fraction of sp³-hybridized carbons (Fsp3) is 0.207. The quantitative estimate of drug-likeness (QED) is 0.161. The van der Waals surface area contributed by atoms with E-state index in [9.17, 15) is 18.8 Å². The molecule has 2 heterocycles. The Kier molecular flexibility index (Phi) is 6.84. The number of ether oxygens (including phenoxy) is 1. The highest BCUT2D eigenvalue weighted by Crippen LogP contribution is 2.41. The lowest BCUT2D eigenvalue weighted by molar-refractivity contribution is 0.0499. The van der Waals surface area contributed by atoms with Crippen molar-refractivity contribution < 1.29 is 23.1 Å². The maximum atomic E-state index is 14.0. The van der Waals surface area contributed by atoms with Crippen molar-refractivity contribution >= 4 is 40.3 Å². The third-order valence-electron chi connectivity index (χ3n) is 6.38. The van der Waals surface area contributed by atoms with Crippen LogP contribution in [0.5, 0.6) is 0 Å². The van der Waals surface area contributed by atoms with E-state index in [0.717, 1.165) is 23.8 Å². The van der Waals surface area contributed by atoms with Gasteiger partial charge in [-0.3, -0.25) is 14.5 Å². The third kappa shape index (κ3) is 4.53. The second-order valence-electron chi connectivity index (χ2n) is 8.70. The van der Waals surface area contributed by atoms with Crippen LogP contribution in [-0.2, 0) is 4.74 Å². The summed E-state index contributed by atoms with van der Waals surface area (Å²) in [4.78, 5) is 42.1. The van der Waals surface area contributed by atoms with Crippen LogP contribution in [0, 0.1) is 5.82 Å². The van der Waals surface area contributed by atoms with Gasteiger partial charge in [-0.15, -0.1) is 11.8 Å². The smallest absolute Gasteiger partial charge is 0.338 e. The van der Waals surface area contributed by atoms with E-state index < -0.39 is 29.2 Å². The Bertz CT molecular complexity index is 1550. The van der Waals surface area contributed by atoms with Crippen LogP contribution >= 0.6 is 11.8 Å². The van der Waals surface area contributed by atoms with Gasteiger partial charge in [0.1, 0.15) is 11.4 Å². The maximum Gasteiger partial charge on any atom is 0.338 e. The molecule has 0 saturated carbocycles. The largest absolute Gasteiger partial charge is 0.462 e. The van der Waals surface area contributed by atoms with Crippen LogP contribution < -0.4 is 10.3 Å². The maximum absolute atomic E-state index is 14.0. The summed E-state index contributed by atoms with van der Waals surface area (Å²) in [5.74, 6) is -1.57. The molecule has 0 aliphatic carbocycles. The topological polar surface area (TPSA) is 76.8 Å². The van der Waals surface area contributed by atoms with Crippen molar-refractivity contribution in [3.05, 3.63) is 105 Å². The molecule has 3 aromatic carbocycles. The average molecular weight is 518 g/mol. The first-order valence-corrected chi connectivity index (χ1v) is 13.2. The number of rotatable bonds is 7.